The second-order valence-electron chi connectivity index (χ2n) is 17.8. The van der Waals surface area contributed by atoms with Gasteiger partial charge in [-0.15, -0.1) is 0 Å². The lowest BCUT2D eigenvalue weighted by molar-refractivity contribution is 0.670. The Kier molecular flexibility index (Phi) is 8.73. The Morgan fingerprint density at radius 3 is 1.49 bits per heavy atom. The summed E-state index contributed by atoms with van der Waals surface area (Å²) in [5, 5.41) is 4.44. The molecule has 10 aromatic carbocycles. The predicted octanol–water partition coefficient (Wildman–Crippen LogP) is 15.9. The fraction of sp³-hybridized carbons (Fsp3) is 0.0156. The van der Waals surface area contributed by atoms with Crippen LogP contribution in [-0.2, 0) is 5.41 Å². The zero-order valence-corrected chi connectivity index (χ0v) is 37.3. The average molecular weight is 881 g/mol. The maximum atomic E-state index is 7.13. The van der Waals surface area contributed by atoms with Crippen molar-refractivity contribution in [3.05, 3.63) is 265 Å². The Hall–Kier alpha value is -9.19. The number of aromatic nitrogens is 4. The molecule has 1 aliphatic rings. The highest BCUT2D eigenvalue weighted by molar-refractivity contribution is 6.20. The minimum absolute atomic E-state index is 0.527. The van der Waals surface area contributed by atoms with E-state index >= 15 is 0 Å². The zero-order valence-electron chi connectivity index (χ0n) is 37.3. The van der Waals surface area contributed by atoms with Crippen molar-refractivity contribution in [1.29, 1.82) is 0 Å². The van der Waals surface area contributed by atoms with Gasteiger partial charge in [0.15, 0.2) is 17.5 Å². The van der Waals surface area contributed by atoms with Crippen molar-refractivity contribution in [3.63, 3.8) is 0 Å². The van der Waals surface area contributed by atoms with Gasteiger partial charge in [-0.1, -0.05) is 206 Å². The molecule has 5 nitrogen and oxygen atoms in total. The largest absolute Gasteiger partial charge is 0.455 e. The molecule has 3 aromatic heterocycles. The van der Waals surface area contributed by atoms with E-state index in [1.165, 1.54) is 44.2 Å². The number of furan rings is 1. The Bertz CT molecular complexity index is 4010. The van der Waals surface area contributed by atoms with Crippen LogP contribution in [0, 0.1) is 0 Å². The smallest absolute Gasteiger partial charge is 0.167 e. The number of hydrogen-bond acceptors (Lipinski definition) is 4. The molecule has 0 aliphatic heterocycles. The number of hydrogen-bond donors (Lipinski definition) is 0. The molecule has 14 rings (SSSR count). The van der Waals surface area contributed by atoms with E-state index in [1.54, 1.807) is 0 Å². The van der Waals surface area contributed by atoms with E-state index in [1.807, 2.05) is 60.7 Å². The summed E-state index contributed by atoms with van der Waals surface area (Å²) in [6, 6.07) is 86.4. The van der Waals surface area contributed by atoms with Crippen molar-refractivity contribution in [2.45, 2.75) is 5.41 Å². The third-order valence-electron chi connectivity index (χ3n) is 14.1. The van der Waals surface area contributed by atoms with Crippen LogP contribution >= 0.6 is 0 Å². The van der Waals surface area contributed by atoms with E-state index in [-0.39, 0.29) is 0 Å². The summed E-state index contributed by atoms with van der Waals surface area (Å²) in [6.07, 6.45) is 0. The van der Waals surface area contributed by atoms with E-state index in [2.05, 4.69) is 187 Å². The molecule has 3 heterocycles. The Morgan fingerprint density at radius 1 is 0.348 bits per heavy atom. The number of nitrogens with zero attached hydrogens (tertiary/aromatic N) is 4. The molecular formula is C64H40N4O. The number of rotatable bonds is 7. The first-order valence-corrected chi connectivity index (χ1v) is 23.4. The Labute approximate surface area is 398 Å². The van der Waals surface area contributed by atoms with Crippen molar-refractivity contribution >= 4 is 43.7 Å². The molecule has 5 heteroatoms. The Balaban J connectivity index is 1.02. The van der Waals surface area contributed by atoms with Crippen molar-refractivity contribution < 1.29 is 4.42 Å². The molecule has 0 saturated carbocycles. The highest BCUT2D eigenvalue weighted by atomic mass is 16.3. The molecule has 0 saturated heterocycles. The lowest BCUT2D eigenvalue weighted by atomic mass is 9.67. The first-order chi connectivity index (χ1) is 34.2. The van der Waals surface area contributed by atoms with Gasteiger partial charge < -0.3 is 8.98 Å². The van der Waals surface area contributed by atoms with Crippen LogP contribution in [0.5, 0.6) is 0 Å². The van der Waals surface area contributed by atoms with Gasteiger partial charge in [0.25, 0.3) is 0 Å². The minimum atomic E-state index is -0.527. The summed E-state index contributed by atoms with van der Waals surface area (Å²) in [5.41, 5.74) is 16.7. The van der Waals surface area contributed by atoms with Crippen LogP contribution in [0.1, 0.15) is 22.3 Å². The molecule has 0 bridgehead atoms. The topological polar surface area (TPSA) is 56.7 Å². The molecule has 0 fully saturated rings. The van der Waals surface area contributed by atoms with E-state index in [0.29, 0.717) is 17.5 Å². The van der Waals surface area contributed by atoms with Crippen LogP contribution < -0.4 is 0 Å². The second kappa shape index (κ2) is 15.4. The maximum absolute atomic E-state index is 7.13. The monoisotopic (exact) mass is 880 g/mol. The molecular weight excluding hydrogens is 841 g/mol. The summed E-state index contributed by atoms with van der Waals surface area (Å²) in [6.45, 7) is 0. The standard InChI is InChI=1S/C64H40N4O/c1-6-20-41(21-7-1)61-65-62(42-22-8-2-9-23-42)67-63(66-61)51-34-19-33-49-48-32-18-31-47(59(48)69-60(49)51)43-36-38-55-52(40-43)58-56(68(55)46-28-14-5-15-29-46)39-37-54-57(58)50-30-16-17-35-53(50)64(54,44-24-10-3-11-25-44)45-26-12-4-13-27-45/h1-40H. The van der Waals surface area contributed by atoms with Crippen LogP contribution in [0.4, 0.5) is 0 Å². The zero-order chi connectivity index (χ0) is 45.5. The van der Waals surface area contributed by atoms with Crippen LogP contribution in [0.25, 0.3) is 106 Å². The highest BCUT2D eigenvalue weighted by Crippen LogP contribution is 2.59. The molecule has 13 aromatic rings. The lowest BCUT2D eigenvalue weighted by Crippen LogP contribution is -2.28. The second-order valence-corrected chi connectivity index (χ2v) is 17.8. The summed E-state index contributed by atoms with van der Waals surface area (Å²) in [4.78, 5) is 15.2. The van der Waals surface area contributed by atoms with Gasteiger partial charge in [-0.2, -0.15) is 0 Å². The molecule has 0 radical (unpaired) electrons. The minimum Gasteiger partial charge on any atom is -0.455 e. The van der Waals surface area contributed by atoms with Crippen LogP contribution in [-0.4, -0.2) is 19.5 Å². The van der Waals surface area contributed by atoms with Gasteiger partial charge in [-0.3, -0.25) is 0 Å². The molecule has 0 N–H and O–H groups in total. The van der Waals surface area contributed by atoms with Crippen LogP contribution in [0.15, 0.2) is 247 Å². The molecule has 322 valence electrons. The first-order valence-electron chi connectivity index (χ1n) is 23.4. The average Bonchev–Trinajstić information content (AvgIpc) is 4.08. The van der Waals surface area contributed by atoms with E-state index < -0.39 is 5.41 Å². The molecule has 69 heavy (non-hydrogen) atoms. The van der Waals surface area contributed by atoms with Crippen molar-refractivity contribution in [2.75, 3.05) is 0 Å². The van der Waals surface area contributed by atoms with Gasteiger partial charge in [0.1, 0.15) is 11.2 Å². The third-order valence-corrected chi connectivity index (χ3v) is 14.1. The highest BCUT2D eigenvalue weighted by Gasteiger charge is 2.47. The molecule has 0 spiro atoms. The maximum Gasteiger partial charge on any atom is 0.167 e. The third kappa shape index (κ3) is 5.87. The van der Waals surface area contributed by atoms with Gasteiger partial charge in [-0.05, 0) is 75.3 Å². The Morgan fingerprint density at radius 2 is 0.855 bits per heavy atom. The van der Waals surface area contributed by atoms with Crippen molar-refractivity contribution in [3.8, 4) is 62.1 Å². The number of benzene rings is 10. The van der Waals surface area contributed by atoms with Crippen molar-refractivity contribution in [2.24, 2.45) is 0 Å². The number of fused-ring (bicyclic) bond motifs is 10. The van der Waals surface area contributed by atoms with Gasteiger partial charge in [0, 0.05) is 43.9 Å². The van der Waals surface area contributed by atoms with Gasteiger partial charge in [-0.25, -0.2) is 15.0 Å². The molecule has 0 atom stereocenters. The van der Waals surface area contributed by atoms with E-state index in [0.717, 1.165) is 66.5 Å². The first kappa shape index (κ1) is 39.0. The van der Waals surface area contributed by atoms with Crippen LogP contribution in [0.3, 0.4) is 0 Å². The summed E-state index contributed by atoms with van der Waals surface area (Å²) in [5.74, 6) is 1.77. The predicted molar refractivity (Wildman–Crippen MR) is 280 cm³/mol. The summed E-state index contributed by atoms with van der Waals surface area (Å²) in [7, 11) is 0. The van der Waals surface area contributed by atoms with Crippen molar-refractivity contribution in [1.82, 2.24) is 19.5 Å². The summed E-state index contributed by atoms with van der Waals surface area (Å²) < 4.78 is 9.56. The molecule has 1 aliphatic carbocycles. The molecule has 0 amide bonds. The lowest BCUT2D eigenvalue weighted by Gasteiger charge is -2.33. The number of para-hydroxylation sites is 3. The summed E-state index contributed by atoms with van der Waals surface area (Å²) >= 11 is 0. The SMILES string of the molecule is c1ccc(-c2nc(-c3ccccc3)nc(-c3cccc4c3oc3c(-c5ccc6c(c5)c5c7c(ccc5n6-c5ccccc5)C(c5ccccc5)(c5ccccc5)c5ccccc5-7)cccc34)n2)cc1. The van der Waals surface area contributed by atoms with E-state index in [4.69, 9.17) is 19.4 Å². The van der Waals surface area contributed by atoms with Gasteiger partial charge in [0.2, 0.25) is 0 Å². The fourth-order valence-corrected chi connectivity index (χ4v) is 11.2. The van der Waals surface area contributed by atoms with E-state index in [9.17, 15) is 0 Å². The van der Waals surface area contributed by atoms with Crippen LogP contribution in [0.2, 0.25) is 0 Å². The fourth-order valence-electron chi connectivity index (χ4n) is 11.2. The van der Waals surface area contributed by atoms with Gasteiger partial charge >= 0.3 is 0 Å². The normalized spacial score (nSPS) is 12.8. The molecule has 0 unspecified atom stereocenters. The van der Waals surface area contributed by atoms with Gasteiger partial charge in [0.05, 0.1) is 22.0 Å². The quantitative estimate of drug-likeness (QED) is 0.160.